The van der Waals surface area contributed by atoms with Crippen molar-refractivity contribution in [2.24, 2.45) is 0 Å². The Morgan fingerprint density at radius 3 is 0.471 bits per heavy atom. The van der Waals surface area contributed by atoms with E-state index < -0.39 is 0 Å². The Morgan fingerprint density at radius 2 is 0.471 bits per heavy atom. The van der Waals surface area contributed by atoms with Crippen LogP contribution in [0.25, 0.3) is 0 Å². The summed E-state index contributed by atoms with van der Waals surface area (Å²) in [6.07, 6.45) is 0. The van der Waals surface area contributed by atoms with Crippen LogP contribution in [0.2, 0.25) is 0 Å². The van der Waals surface area contributed by atoms with E-state index in [-0.39, 0.29) is 102 Å². The van der Waals surface area contributed by atoms with Crippen LogP contribution >= 0.6 is 0 Å². The average molecular weight is 384 g/mol. The van der Waals surface area contributed by atoms with Gasteiger partial charge in [-0.2, -0.15) is 0 Å². The molecule has 2 radical (unpaired) electrons. The zero-order chi connectivity index (χ0) is 13.5. The summed E-state index contributed by atoms with van der Waals surface area (Å²) in [5.41, 5.74) is 0. The Labute approximate surface area is 149 Å². The van der Waals surface area contributed by atoms with Crippen molar-refractivity contribution in [3.8, 4) is 0 Å². The van der Waals surface area contributed by atoms with Gasteiger partial charge in [-0.3, -0.25) is 0 Å². The van der Waals surface area contributed by atoms with Crippen molar-refractivity contribution < 1.29 is 90.4 Å². The molecule has 0 aromatic heterocycles. The molecule has 0 spiro atoms. The zero-order valence-electron chi connectivity index (χ0n) is 8.37. The Kier molecular flexibility index (Phi) is 335. The Morgan fingerprint density at radius 1 is 0.471 bits per heavy atom. The zero-order valence-corrected chi connectivity index (χ0v) is 12.9. The molecule has 0 saturated heterocycles. The van der Waals surface area contributed by atoms with Crippen LogP contribution in [0.15, 0.2) is 0 Å². The third-order valence-electron chi connectivity index (χ3n) is 0. The maximum Gasteiger partial charge on any atom is 0 e. The summed E-state index contributed by atoms with van der Waals surface area (Å²) < 4.78 is 41.8. The normalized spacial score (nSPS) is 2.35. The topological polar surface area (TPSA) is 186 Å². The molecule has 0 aliphatic heterocycles. The van der Waals surface area contributed by atoms with Crippen LogP contribution in [0.1, 0.15) is 0 Å². The van der Waals surface area contributed by atoms with Crippen molar-refractivity contribution in [3.63, 3.8) is 0 Å². The second-order valence-electron chi connectivity index (χ2n) is 0.527. The van der Waals surface area contributed by atoms with Gasteiger partial charge in [-0.15, -0.1) is 0 Å². The van der Waals surface area contributed by atoms with Gasteiger partial charge in [0, 0.05) is 64.8 Å². The molecule has 0 amide bonds. The molecule has 0 saturated carbocycles. The van der Waals surface area contributed by atoms with E-state index in [1.807, 2.05) is 0 Å². The third kappa shape index (κ3) is 15800. The molecule has 0 aliphatic carbocycles. The average Bonchev–Trinajstić information content (AvgIpc) is 2.09. The van der Waals surface area contributed by atoms with Crippen molar-refractivity contribution in [3.05, 3.63) is 0 Å². The van der Waals surface area contributed by atoms with Gasteiger partial charge in [-0.05, 0) is 0 Å². The fourth-order valence-corrected chi connectivity index (χ4v) is 0. The third-order valence-corrected chi connectivity index (χ3v) is 0. The van der Waals surface area contributed by atoms with Crippen LogP contribution in [-0.2, 0) is 23.5 Å². The minimum absolute atomic E-state index is 0. The SMILES string of the molecule is O=BO.O=BO.O=BO.O=BO.O=BO.[Ce].[Mg]. The van der Waals surface area contributed by atoms with Gasteiger partial charge in [-0.25, -0.2) is 0 Å². The first-order valence-corrected chi connectivity index (χ1v) is 2.47. The summed E-state index contributed by atoms with van der Waals surface area (Å²) in [6, 6.07) is 0. The largest absolute Gasteiger partial charge is 0 e. The first-order valence-electron chi connectivity index (χ1n) is 2.47. The summed E-state index contributed by atoms with van der Waals surface area (Å²) in [6.45, 7) is 0. The van der Waals surface area contributed by atoms with Crippen molar-refractivity contribution >= 4 is 59.8 Å². The predicted octanol–water partition coefficient (Wildman–Crippen LogP) is -5.66. The first kappa shape index (κ1) is 43.2. The predicted molar refractivity (Wildman–Crippen MR) is 49.1 cm³/mol. The van der Waals surface area contributed by atoms with Crippen LogP contribution in [0.3, 0.4) is 0 Å². The van der Waals surface area contributed by atoms with Gasteiger partial charge >= 0.3 is 85.4 Å². The molecular formula is H5B5CeMgO10. The molecule has 0 aromatic carbocycles. The van der Waals surface area contributed by atoms with E-state index in [9.17, 15) is 0 Å². The molecule has 0 bridgehead atoms. The summed E-state index contributed by atoms with van der Waals surface area (Å²) in [5.74, 6) is 0. The Bertz CT molecular complexity index is 97.0. The monoisotopic (exact) mass is 384 g/mol. The van der Waals surface area contributed by atoms with Crippen molar-refractivity contribution in [1.82, 2.24) is 0 Å². The molecule has 0 unspecified atom stereocenters. The molecule has 0 fully saturated rings. The van der Waals surface area contributed by atoms with E-state index in [4.69, 9.17) is 48.6 Å². The Balaban J connectivity index is -0.0000000143. The minimum Gasteiger partial charge on any atom is 0 e. The number of hydrogen-bond acceptors (Lipinski definition) is 5. The van der Waals surface area contributed by atoms with Crippen molar-refractivity contribution in [1.29, 1.82) is 0 Å². The molecule has 0 rings (SSSR count). The summed E-state index contributed by atoms with van der Waals surface area (Å²) in [7, 11) is -1.25. The van der Waals surface area contributed by atoms with Crippen LogP contribution in [0.5, 0.6) is 0 Å². The van der Waals surface area contributed by atoms with E-state index in [1.54, 1.807) is 0 Å². The van der Waals surface area contributed by atoms with E-state index >= 15 is 0 Å². The molecule has 86 valence electrons. The van der Waals surface area contributed by atoms with Crippen molar-refractivity contribution in [2.45, 2.75) is 0 Å². The fraction of sp³-hybridized carbons (Fsp3) is 0. The Hall–Kier alpha value is 0.468. The fourth-order valence-electron chi connectivity index (χ4n) is 0. The minimum atomic E-state index is -0.250. The van der Waals surface area contributed by atoms with Gasteiger partial charge in [-0.1, -0.05) is 0 Å². The number of hydrogen-bond donors (Lipinski definition) is 5. The molecule has 17 heavy (non-hydrogen) atoms. The molecule has 17 heteroatoms. The first-order chi connectivity index (χ1) is 7.07. The van der Waals surface area contributed by atoms with E-state index in [0.29, 0.717) is 0 Å². The van der Waals surface area contributed by atoms with E-state index in [2.05, 4.69) is 0 Å². The van der Waals surface area contributed by atoms with Crippen LogP contribution in [0.4, 0.5) is 0 Å². The molecule has 0 atom stereocenters. The molecule has 0 aliphatic rings. The maximum absolute atomic E-state index is 8.36. The quantitative estimate of drug-likeness (QED) is 0.252. The number of rotatable bonds is 0. The standard InChI is InChI=1S/5BHO2.Ce.Mg/c5*2-1-3;;/h5*2H;;. The van der Waals surface area contributed by atoms with Crippen LogP contribution in [-0.4, -0.2) is 84.9 Å². The molecule has 0 aromatic rings. The van der Waals surface area contributed by atoms with Gasteiger partial charge in [0.05, 0.1) is 0 Å². The smallest absolute Gasteiger partial charge is 0 e. The van der Waals surface area contributed by atoms with Crippen LogP contribution < -0.4 is 0 Å². The van der Waals surface area contributed by atoms with Gasteiger partial charge in [0.15, 0.2) is 0 Å². The summed E-state index contributed by atoms with van der Waals surface area (Å²) >= 11 is 0. The second kappa shape index (κ2) is 132. The summed E-state index contributed by atoms with van der Waals surface area (Å²) in [5, 5.41) is 34.4. The molecule has 5 N–H and O–H groups in total. The molecule has 10 nitrogen and oxygen atoms in total. The molecular weight excluding hydrogens is 378 g/mol. The van der Waals surface area contributed by atoms with Gasteiger partial charge < -0.3 is 0 Å². The van der Waals surface area contributed by atoms with E-state index in [0.717, 1.165) is 0 Å². The van der Waals surface area contributed by atoms with E-state index in [1.165, 1.54) is 0 Å². The molecule has 0 heterocycles. The van der Waals surface area contributed by atoms with Crippen molar-refractivity contribution in [2.75, 3.05) is 0 Å². The summed E-state index contributed by atoms with van der Waals surface area (Å²) in [4.78, 5) is 0. The second-order valence-corrected chi connectivity index (χ2v) is 0.527. The van der Waals surface area contributed by atoms with Crippen LogP contribution in [0, 0.1) is 41.7 Å². The van der Waals surface area contributed by atoms with Gasteiger partial charge in [0.1, 0.15) is 0 Å². The van der Waals surface area contributed by atoms with Gasteiger partial charge in [0.25, 0.3) is 0 Å². The van der Waals surface area contributed by atoms with Gasteiger partial charge in [0.2, 0.25) is 0 Å². The maximum atomic E-state index is 8.36.